The fourth-order valence-electron chi connectivity index (χ4n) is 4.25. The minimum atomic E-state index is -0.289. The summed E-state index contributed by atoms with van der Waals surface area (Å²) in [6.45, 7) is 16.4. The Hall–Kier alpha value is -3.09. The van der Waals surface area contributed by atoms with Gasteiger partial charge in [-0.1, -0.05) is 38.4 Å². The molecule has 2 fully saturated rings. The summed E-state index contributed by atoms with van der Waals surface area (Å²) in [5, 5.41) is 3.63. The van der Waals surface area contributed by atoms with Crippen LogP contribution in [0.15, 0.2) is 24.5 Å². The van der Waals surface area contributed by atoms with E-state index in [-0.39, 0.29) is 29.7 Å². The van der Waals surface area contributed by atoms with Gasteiger partial charge in [0.15, 0.2) is 5.69 Å². The predicted molar refractivity (Wildman–Crippen MR) is 132 cm³/mol. The van der Waals surface area contributed by atoms with Gasteiger partial charge in [-0.05, 0) is 24.5 Å². The molecule has 35 heavy (non-hydrogen) atoms. The Bertz CT molecular complexity index is 1120. The van der Waals surface area contributed by atoms with E-state index in [9.17, 15) is 4.79 Å². The Labute approximate surface area is 210 Å². The molecule has 2 aliphatic heterocycles. The molecule has 2 unspecified atom stereocenters. The van der Waals surface area contributed by atoms with E-state index in [0.29, 0.717) is 60.8 Å². The fraction of sp³-hybridized carbons (Fsp3) is 0.520. The van der Waals surface area contributed by atoms with Crippen LogP contribution in [0.25, 0.3) is 4.85 Å². The van der Waals surface area contributed by atoms with Crippen molar-refractivity contribution in [3.05, 3.63) is 46.5 Å². The van der Waals surface area contributed by atoms with Crippen LogP contribution in [0.4, 0.5) is 22.0 Å². The molecule has 0 aliphatic carbocycles. The number of carbonyl (C=O) groups excluding carboxylic acids is 1. The van der Waals surface area contributed by atoms with E-state index in [2.05, 4.69) is 20.1 Å². The largest absolute Gasteiger partial charge is 0.474 e. The number of hydrogen-bond donors (Lipinski definition) is 1. The van der Waals surface area contributed by atoms with Crippen LogP contribution in [-0.4, -0.2) is 59.0 Å². The number of ether oxygens (including phenoxy) is 3. The fourth-order valence-corrected chi connectivity index (χ4v) is 4.47. The first-order valence-corrected chi connectivity index (χ1v) is 12.0. The van der Waals surface area contributed by atoms with Crippen LogP contribution in [0.5, 0.6) is 5.88 Å². The minimum absolute atomic E-state index is 0.0950. The van der Waals surface area contributed by atoms with Crippen LogP contribution in [0.1, 0.15) is 39.2 Å². The maximum Gasteiger partial charge on any atom is 0.410 e. The van der Waals surface area contributed by atoms with Gasteiger partial charge in [0, 0.05) is 12.8 Å². The number of nitrogens with zero attached hydrogens (tertiary/aromatic N) is 4. The number of rotatable bonds is 5. The summed E-state index contributed by atoms with van der Waals surface area (Å²) in [5.41, 5.74) is 1.75. The molecule has 1 aromatic heterocycles. The molecular weight excluding hydrogens is 470 g/mol. The molecule has 1 N–H and O–H groups in total. The van der Waals surface area contributed by atoms with Crippen LogP contribution in [0.2, 0.25) is 5.02 Å². The van der Waals surface area contributed by atoms with Crippen molar-refractivity contribution < 1.29 is 19.0 Å². The monoisotopic (exact) mass is 499 g/mol. The highest BCUT2D eigenvalue weighted by Crippen LogP contribution is 2.34. The normalized spacial score (nSPS) is 21.7. The molecule has 2 aromatic rings. The number of morpholine rings is 1. The van der Waals surface area contributed by atoms with Crippen molar-refractivity contribution in [1.29, 1.82) is 0 Å². The molecule has 0 spiro atoms. The van der Waals surface area contributed by atoms with Crippen molar-refractivity contribution in [2.75, 3.05) is 25.1 Å². The van der Waals surface area contributed by atoms with Gasteiger partial charge in [0.1, 0.15) is 18.2 Å². The Balaban J connectivity index is 1.44. The van der Waals surface area contributed by atoms with Gasteiger partial charge in [0.25, 0.3) is 0 Å². The Morgan fingerprint density at radius 2 is 2.00 bits per heavy atom. The molecule has 186 valence electrons. The van der Waals surface area contributed by atoms with Gasteiger partial charge >= 0.3 is 6.09 Å². The molecule has 3 heterocycles. The van der Waals surface area contributed by atoms with Gasteiger partial charge in [0.05, 0.1) is 54.7 Å². The second-order valence-corrected chi connectivity index (χ2v) is 10.5. The van der Waals surface area contributed by atoms with E-state index in [1.807, 2.05) is 32.6 Å². The highest BCUT2D eigenvalue weighted by Gasteiger charge is 2.43. The summed E-state index contributed by atoms with van der Waals surface area (Å²) in [7, 11) is 0. The zero-order valence-corrected chi connectivity index (χ0v) is 21.1. The lowest BCUT2D eigenvalue weighted by atomic mass is 9.92. The van der Waals surface area contributed by atoms with E-state index in [4.69, 9.17) is 32.4 Å². The van der Waals surface area contributed by atoms with E-state index in [1.54, 1.807) is 18.2 Å². The maximum absolute atomic E-state index is 12.8. The van der Waals surface area contributed by atoms with Crippen LogP contribution < -0.4 is 10.1 Å². The second kappa shape index (κ2) is 10.3. The molecule has 1 amide bonds. The van der Waals surface area contributed by atoms with Crippen LogP contribution in [0, 0.1) is 18.9 Å². The number of amides is 1. The average molecular weight is 500 g/mol. The van der Waals surface area contributed by atoms with E-state index < -0.39 is 0 Å². The molecule has 4 rings (SSSR count). The molecule has 2 aliphatic rings. The molecule has 2 atom stereocenters. The van der Waals surface area contributed by atoms with E-state index >= 15 is 0 Å². The van der Waals surface area contributed by atoms with Crippen molar-refractivity contribution in [3.8, 4) is 5.88 Å². The summed E-state index contributed by atoms with van der Waals surface area (Å²) in [6, 6.07) is 4.81. The Morgan fingerprint density at radius 1 is 1.29 bits per heavy atom. The van der Waals surface area contributed by atoms with Crippen LogP contribution in [-0.2, 0) is 9.47 Å². The van der Waals surface area contributed by atoms with Crippen molar-refractivity contribution in [2.24, 2.45) is 5.41 Å². The molecule has 9 nitrogen and oxygen atoms in total. The van der Waals surface area contributed by atoms with Crippen molar-refractivity contribution >= 4 is 34.9 Å². The van der Waals surface area contributed by atoms with Crippen molar-refractivity contribution in [2.45, 2.75) is 58.7 Å². The van der Waals surface area contributed by atoms with Gasteiger partial charge in [-0.3, -0.25) is 4.90 Å². The minimum Gasteiger partial charge on any atom is -0.474 e. The third kappa shape index (κ3) is 5.95. The molecule has 10 heteroatoms. The molecule has 1 aromatic carbocycles. The Kier molecular flexibility index (Phi) is 7.33. The highest BCUT2D eigenvalue weighted by molar-refractivity contribution is 6.33. The predicted octanol–water partition coefficient (Wildman–Crippen LogP) is 5.53. The lowest BCUT2D eigenvalue weighted by molar-refractivity contribution is -0.0928. The number of piperidine rings is 1. The van der Waals surface area contributed by atoms with E-state index in [0.717, 1.165) is 5.56 Å². The third-order valence-corrected chi connectivity index (χ3v) is 6.28. The topological polar surface area (TPSA) is 90.2 Å². The first kappa shape index (κ1) is 25.0. The summed E-state index contributed by atoms with van der Waals surface area (Å²) >= 11 is 6.31. The quantitative estimate of drug-likeness (QED) is 0.541. The molecule has 0 radical (unpaired) electrons. The molecule has 0 saturated carbocycles. The highest BCUT2D eigenvalue weighted by atomic mass is 35.5. The summed E-state index contributed by atoms with van der Waals surface area (Å²) in [4.78, 5) is 26.7. The Morgan fingerprint density at radius 3 is 2.63 bits per heavy atom. The molecular formula is C25H30ClN5O4. The van der Waals surface area contributed by atoms with Crippen LogP contribution in [0.3, 0.4) is 0 Å². The van der Waals surface area contributed by atoms with Crippen molar-refractivity contribution in [1.82, 2.24) is 14.9 Å². The number of aromatic nitrogens is 2. The summed E-state index contributed by atoms with van der Waals surface area (Å²) in [6.07, 6.45) is 2.27. The smallest absolute Gasteiger partial charge is 0.410 e. The van der Waals surface area contributed by atoms with Gasteiger partial charge < -0.3 is 19.5 Å². The summed E-state index contributed by atoms with van der Waals surface area (Å²) in [5.74, 6) is 1.04. The lowest BCUT2D eigenvalue weighted by Crippen LogP contribution is -2.61. The number of nitrogens with one attached hydrogen (secondary N) is 1. The first-order valence-electron chi connectivity index (χ1n) is 11.6. The number of fused-ring (bicyclic) bond motifs is 2. The second-order valence-electron chi connectivity index (χ2n) is 10.1. The maximum atomic E-state index is 12.8. The SMILES string of the molecule is [C-]#[N+]c1ccc(Nc2ncnc(OC3CC4COCC(C3)N4C(=O)OCC(C)(C)C)c2C)c(Cl)c1. The number of benzene rings is 1. The van der Waals surface area contributed by atoms with E-state index in [1.165, 1.54) is 6.33 Å². The zero-order valence-electron chi connectivity index (χ0n) is 20.4. The molecule has 2 saturated heterocycles. The number of hydrogen-bond acceptors (Lipinski definition) is 7. The summed E-state index contributed by atoms with van der Waals surface area (Å²) < 4.78 is 17.6. The number of carbonyl (C=O) groups is 1. The average Bonchev–Trinajstić information content (AvgIpc) is 2.80. The standard InChI is InChI=1S/C25H30ClN5O4/c1-15-22(30-21-7-6-16(27-5)8-20(21)26)28-14-29-23(15)35-19-9-17-11-33-12-18(10-19)31(17)24(32)34-13-25(2,3)4/h6-8,14,17-19H,9-13H2,1-4H3,(H,28,29,30). The lowest BCUT2D eigenvalue weighted by Gasteiger charge is -2.47. The van der Waals surface area contributed by atoms with Crippen molar-refractivity contribution in [3.63, 3.8) is 0 Å². The first-order chi connectivity index (χ1) is 16.6. The van der Waals surface area contributed by atoms with Gasteiger partial charge in [0.2, 0.25) is 5.88 Å². The van der Waals surface area contributed by atoms with Gasteiger partial charge in [-0.2, -0.15) is 0 Å². The third-order valence-electron chi connectivity index (χ3n) is 5.97. The molecule has 2 bridgehead atoms. The van der Waals surface area contributed by atoms with Gasteiger partial charge in [-0.15, -0.1) is 0 Å². The number of anilines is 2. The van der Waals surface area contributed by atoms with Crippen LogP contribution >= 0.6 is 11.6 Å². The van der Waals surface area contributed by atoms with Gasteiger partial charge in [-0.25, -0.2) is 19.6 Å². The number of halogens is 1. The zero-order chi connectivity index (χ0) is 25.2.